The standard InChI is InChI=1S/C20H25NO3S/c1-13(2)25-18-17(14-9-11-16(24-3)12-10-14)19(22)21(20(18)23)15-7-5-4-6-8-15/h9-13,15H,4-8H2,1-3H3. The van der Waals surface area contributed by atoms with Crippen LogP contribution in [0.3, 0.4) is 0 Å². The Morgan fingerprint density at radius 3 is 2.24 bits per heavy atom. The van der Waals surface area contributed by atoms with Crippen LogP contribution >= 0.6 is 11.8 Å². The third kappa shape index (κ3) is 3.61. The summed E-state index contributed by atoms with van der Waals surface area (Å²) in [6.45, 7) is 4.09. The van der Waals surface area contributed by atoms with E-state index in [1.54, 1.807) is 7.11 Å². The van der Waals surface area contributed by atoms with Crippen LogP contribution in [0.2, 0.25) is 0 Å². The molecule has 134 valence electrons. The average Bonchev–Trinajstić information content (AvgIpc) is 2.85. The van der Waals surface area contributed by atoms with E-state index >= 15 is 0 Å². The molecule has 0 N–H and O–H groups in total. The smallest absolute Gasteiger partial charge is 0.268 e. The van der Waals surface area contributed by atoms with Crippen LogP contribution in [-0.4, -0.2) is 35.1 Å². The topological polar surface area (TPSA) is 46.6 Å². The first kappa shape index (κ1) is 18.1. The molecule has 1 aromatic carbocycles. The number of hydrogen-bond donors (Lipinski definition) is 0. The van der Waals surface area contributed by atoms with Gasteiger partial charge in [0.15, 0.2) is 0 Å². The van der Waals surface area contributed by atoms with E-state index in [1.807, 2.05) is 38.1 Å². The molecule has 0 unspecified atom stereocenters. The molecule has 1 saturated carbocycles. The van der Waals surface area contributed by atoms with E-state index in [9.17, 15) is 9.59 Å². The third-order valence-electron chi connectivity index (χ3n) is 4.74. The summed E-state index contributed by atoms with van der Waals surface area (Å²) in [7, 11) is 1.61. The van der Waals surface area contributed by atoms with Crippen LogP contribution in [0.4, 0.5) is 0 Å². The molecule has 0 spiro atoms. The minimum absolute atomic E-state index is 0.0484. The minimum atomic E-state index is -0.134. The Morgan fingerprint density at radius 2 is 1.68 bits per heavy atom. The zero-order valence-corrected chi connectivity index (χ0v) is 15.9. The number of carbonyl (C=O) groups excluding carboxylic acids is 2. The molecule has 1 fully saturated rings. The molecule has 0 radical (unpaired) electrons. The van der Waals surface area contributed by atoms with E-state index in [2.05, 4.69) is 0 Å². The van der Waals surface area contributed by atoms with Gasteiger partial charge in [-0.25, -0.2) is 0 Å². The van der Waals surface area contributed by atoms with Gasteiger partial charge in [0.05, 0.1) is 17.6 Å². The normalized spacial score (nSPS) is 19.3. The maximum absolute atomic E-state index is 13.2. The summed E-state index contributed by atoms with van der Waals surface area (Å²) in [6.07, 6.45) is 5.22. The number of amides is 2. The Labute approximate surface area is 153 Å². The highest BCUT2D eigenvalue weighted by molar-refractivity contribution is 8.04. The molecular weight excluding hydrogens is 334 g/mol. The van der Waals surface area contributed by atoms with E-state index in [1.165, 1.54) is 23.1 Å². The fraction of sp³-hybridized carbons (Fsp3) is 0.500. The zero-order chi connectivity index (χ0) is 18.0. The molecule has 2 aliphatic rings. The lowest BCUT2D eigenvalue weighted by atomic mass is 9.94. The molecule has 0 bridgehead atoms. The molecule has 1 heterocycles. The van der Waals surface area contributed by atoms with Crippen LogP contribution in [-0.2, 0) is 9.59 Å². The van der Waals surface area contributed by atoms with Gasteiger partial charge in [0.2, 0.25) is 0 Å². The summed E-state index contributed by atoms with van der Waals surface area (Å²) in [5.74, 6) is 0.495. The second-order valence-electron chi connectivity index (χ2n) is 6.87. The third-order valence-corrected chi connectivity index (χ3v) is 5.83. The maximum Gasteiger partial charge on any atom is 0.268 e. The van der Waals surface area contributed by atoms with Crippen molar-refractivity contribution in [2.45, 2.75) is 57.2 Å². The summed E-state index contributed by atoms with van der Waals surface area (Å²) in [4.78, 5) is 28.3. The van der Waals surface area contributed by atoms with Crippen molar-refractivity contribution in [1.82, 2.24) is 4.90 Å². The molecule has 0 atom stereocenters. The summed E-state index contributed by atoms with van der Waals surface area (Å²) in [5, 5.41) is 0.242. The number of rotatable bonds is 5. The quantitative estimate of drug-likeness (QED) is 0.738. The number of thioether (sulfide) groups is 1. The Kier molecular flexibility index (Phi) is 5.52. The van der Waals surface area contributed by atoms with Crippen LogP contribution in [0.1, 0.15) is 51.5 Å². The predicted octanol–water partition coefficient (Wildman–Crippen LogP) is 4.25. The molecule has 0 saturated heterocycles. The van der Waals surface area contributed by atoms with Crippen molar-refractivity contribution in [1.29, 1.82) is 0 Å². The van der Waals surface area contributed by atoms with Crippen LogP contribution in [0.25, 0.3) is 5.57 Å². The number of benzene rings is 1. The number of methoxy groups -OCH3 is 1. The highest BCUT2D eigenvalue weighted by Crippen LogP contribution is 2.40. The number of ether oxygens (including phenoxy) is 1. The van der Waals surface area contributed by atoms with Crippen LogP contribution in [0, 0.1) is 0 Å². The van der Waals surface area contributed by atoms with E-state index in [0.29, 0.717) is 10.5 Å². The van der Waals surface area contributed by atoms with E-state index in [4.69, 9.17) is 4.74 Å². The van der Waals surface area contributed by atoms with Gasteiger partial charge in [0.25, 0.3) is 11.8 Å². The summed E-state index contributed by atoms with van der Waals surface area (Å²) in [6, 6.07) is 7.45. The van der Waals surface area contributed by atoms with Gasteiger partial charge in [-0.1, -0.05) is 45.2 Å². The van der Waals surface area contributed by atoms with Gasteiger partial charge < -0.3 is 4.74 Å². The van der Waals surface area contributed by atoms with E-state index < -0.39 is 0 Å². The fourth-order valence-electron chi connectivity index (χ4n) is 3.55. The average molecular weight is 359 g/mol. The van der Waals surface area contributed by atoms with Crippen molar-refractivity contribution >= 4 is 29.1 Å². The molecule has 0 aromatic heterocycles. The Bertz CT molecular complexity index is 687. The molecule has 1 aliphatic heterocycles. The van der Waals surface area contributed by atoms with Crippen molar-refractivity contribution < 1.29 is 14.3 Å². The van der Waals surface area contributed by atoms with Crippen molar-refractivity contribution in [3.05, 3.63) is 34.7 Å². The first-order valence-electron chi connectivity index (χ1n) is 8.96. The van der Waals surface area contributed by atoms with Crippen LogP contribution in [0.15, 0.2) is 29.2 Å². The number of hydrogen-bond acceptors (Lipinski definition) is 4. The van der Waals surface area contributed by atoms with Gasteiger partial charge in [-0.05, 0) is 30.5 Å². The second-order valence-corrected chi connectivity index (χ2v) is 8.46. The zero-order valence-electron chi connectivity index (χ0n) is 15.1. The largest absolute Gasteiger partial charge is 0.497 e. The first-order chi connectivity index (χ1) is 12.0. The van der Waals surface area contributed by atoms with Crippen molar-refractivity contribution in [3.8, 4) is 5.75 Å². The molecule has 5 heteroatoms. The molecule has 3 rings (SSSR count). The SMILES string of the molecule is COc1ccc(C2=C(SC(C)C)C(=O)N(C3CCCCC3)C2=O)cc1. The number of carbonyl (C=O) groups is 2. The molecule has 25 heavy (non-hydrogen) atoms. The Morgan fingerprint density at radius 1 is 1.04 bits per heavy atom. The highest BCUT2D eigenvalue weighted by atomic mass is 32.2. The van der Waals surface area contributed by atoms with Gasteiger partial charge in [-0.3, -0.25) is 14.5 Å². The lowest BCUT2D eigenvalue weighted by molar-refractivity contribution is -0.139. The summed E-state index contributed by atoms with van der Waals surface area (Å²) in [5.41, 5.74) is 1.34. The molecular formula is C20H25NO3S. The minimum Gasteiger partial charge on any atom is -0.497 e. The van der Waals surface area contributed by atoms with Crippen LogP contribution in [0.5, 0.6) is 5.75 Å². The van der Waals surface area contributed by atoms with Gasteiger partial charge in [-0.2, -0.15) is 0 Å². The van der Waals surface area contributed by atoms with Gasteiger partial charge in [-0.15, -0.1) is 11.8 Å². The van der Waals surface area contributed by atoms with E-state index in [-0.39, 0.29) is 23.1 Å². The Balaban J connectivity index is 1.98. The van der Waals surface area contributed by atoms with Crippen molar-refractivity contribution in [3.63, 3.8) is 0 Å². The summed E-state index contributed by atoms with van der Waals surface area (Å²) >= 11 is 1.49. The lowest BCUT2D eigenvalue weighted by Gasteiger charge is -2.30. The molecule has 1 aromatic rings. The lowest BCUT2D eigenvalue weighted by Crippen LogP contribution is -2.42. The maximum atomic E-state index is 13.2. The summed E-state index contributed by atoms with van der Waals surface area (Å²) < 4.78 is 5.20. The van der Waals surface area contributed by atoms with E-state index in [0.717, 1.165) is 37.0 Å². The Hall–Kier alpha value is -1.75. The van der Waals surface area contributed by atoms with Gasteiger partial charge in [0, 0.05) is 11.3 Å². The van der Waals surface area contributed by atoms with Gasteiger partial charge in [0.1, 0.15) is 5.75 Å². The molecule has 1 aliphatic carbocycles. The second kappa shape index (κ2) is 7.65. The number of nitrogens with zero attached hydrogens (tertiary/aromatic N) is 1. The van der Waals surface area contributed by atoms with Crippen molar-refractivity contribution in [2.24, 2.45) is 0 Å². The van der Waals surface area contributed by atoms with Gasteiger partial charge >= 0.3 is 0 Å². The first-order valence-corrected chi connectivity index (χ1v) is 9.84. The highest BCUT2D eigenvalue weighted by Gasteiger charge is 2.43. The molecule has 2 amide bonds. The van der Waals surface area contributed by atoms with Crippen LogP contribution < -0.4 is 4.74 Å². The molecule has 4 nitrogen and oxygen atoms in total. The fourth-order valence-corrected chi connectivity index (χ4v) is 4.55. The monoisotopic (exact) mass is 359 g/mol. The van der Waals surface area contributed by atoms with Crippen molar-refractivity contribution in [2.75, 3.05) is 7.11 Å². The predicted molar refractivity (Wildman–Crippen MR) is 101 cm³/mol. The number of imide groups is 1.